The van der Waals surface area contributed by atoms with Crippen molar-refractivity contribution in [3.05, 3.63) is 92.7 Å². The molecule has 2 aromatic carbocycles. The average molecular weight is 515 g/mol. The molecule has 0 saturated heterocycles. The molecule has 30 heavy (non-hydrogen) atoms. The number of pyridine rings is 1. The number of fused-ring (bicyclic) bond motifs is 1. The molecule has 2 heterocycles. The summed E-state index contributed by atoms with van der Waals surface area (Å²) in [6.07, 6.45) is 3.17. The number of H-pyrrole nitrogens is 1. The Morgan fingerprint density at radius 3 is 2.67 bits per heavy atom. The number of carbonyl (C=O) groups is 2. The minimum Gasteiger partial charge on any atom is -0.277 e. The van der Waals surface area contributed by atoms with Crippen molar-refractivity contribution in [1.29, 1.82) is 0 Å². The number of carbonyl (C=O) groups excluding carboxylic acids is 2. The summed E-state index contributed by atoms with van der Waals surface area (Å²) in [5.41, 5.74) is 6.91. The molecule has 0 bridgehead atoms. The van der Waals surface area contributed by atoms with Gasteiger partial charge in [0.25, 0.3) is 11.8 Å². The van der Waals surface area contributed by atoms with Crippen LogP contribution in [0.4, 0.5) is 4.39 Å². The Bertz CT molecular complexity index is 1260. The fraction of sp³-hybridized carbons (Fsp3) is 0.0476. The van der Waals surface area contributed by atoms with Crippen molar-refractivity contribution >= 4 is 45.3 Å². The maximum Gasteiger partial charge on any atom is 0.290 e. The van der Waals surface area contributed by atoms with Crippen LogP contribution in [0.5, 0.6) is 0 Å². The molecule has 0 spiro atoms. The van der Waals surface area contributed by atoms with Crippen molar-refractivity contribution in [2.75, 3.05) is 0 Å². The molecule has 2 aromatic heterocycles. The molecular weight excluding hydrogens is 500 g/mol. The number of hydrazine groups is 1. The molecule has 0 aliphatic carbocycles. The monoisotopic (exact) mass is 515 g/mol. The Morgan fingerprint density at radius 1 is 1.03 bits per heavy atom. The highest BCUT2D eigenvalue weighted by Crippen LogP contribution is 2.18. The summed E-state index contributed by atoms with van der Waals surface area (Å²) in [7, 11) is 0. The van der Waals surface area contributed by atoms with Crippen LogP contribution in [0.1, 0.15) is 32.0 Å². The van der Waals surface area contributed by atoms with E-state index in [4.69, 9.17) is 0 Å². The van der Waals surface area contributed by atoms with E-state index in [1.807, 2.05) is 28.7 Å². The van der Waals surface area contributed by atoms with Gasteiger partial charge in [-0.3, -0.25) is 30.5 Å². The van der Waals surface area contributed by atoms with Crippen LogP contribution >= 0.6 is 22.6 Å². The molecule has 150 valence electrons. The predicted molar refractivity (Wildman–Crippen MR) is 117 cm³/mol. The lowest BCUT2D eigenvalue weighted by Gasteiger charge is -2.11. The first kappa shape index (κ1) is 20.0. The summed E-state index contributed by atoms with van der Waals surface area (Å²) in [4.78, 5) is 29.1. The lowest BCUT2D eigenvalue weighted by Crippen LogP contribution is -2.42. The van der Waals surface area contributed by atoms with Gasteiger partial charge in [-0.2, -0.15) is 5.10 Å². The molecule has 4 aromatic rings. The van der Waals surface area contributed by atoms with Gasteiger partial charge < -0.3 is 0 Å². The third-order valence-electron chi connectivity index (χ3n) is 4.52. The van der Waals surface area contributed by atoms with E-state index in [9.17, 15) is 14.0 Å². The second-order valence-electron chi connectivity index (χ2n) is 6.47. The van der Waals surface area contributed by atoms with Crippen molar-refractivity contribution in [1.82, 2.24) is 26.0 Å². The molecule has 0 aliphatic heterocycles. The van der Waals surface area contributed by atoms with Gasteiger partial charge in [-0.1, -0.05) is 24.3 Å². The van der Waals surface area contributed by atoms with E-state index < -0.39 is 11.8 Å². The highest BCUT2D eigenvalue weighted by molar-refractivity contribution is 14.1. The summed E-state index contributed by atoms with van der Waals surface area (Å²) >= 11 is 2.03. The first-order valence-electron chi connectivity index (χ1n) is 8.93. The highest BCUT2D eigenvalue weighted by Gasteiger charge is 2.17. The van der Waals surface area contributed by atoms with Crippen molar-refractivity contribution in [3.63, 3.8) is 0 Å². The number of hydrogen-bond donors (Lipinski definition) is 3. The minimum atomic E-state index is -0.555. The van der Waals surface area contributed by atoms with Crippen molar-refractivity contribution in [2.45, 2.75) is 6.42 Å². The van der Waals surface area contributed by atoms with Gasteiger partial charge in [0.1, 0.15) is 5.82 Å². The Hall–Kier alpha value is -3.34. The van der Waals surface area contributed by atoms with Crippen LogP contribution in [0.3, 0.4) is 0 Å². The second-order valence-corrected chi connectivity index (χ2v) is 7.72. The number of hydrogen-bond acceptors (Lipinski definition) is 4. The summed E-state index contributed by atoms with van der Waals surface area (Å²) in [6, 6.07) is 13.6. The van der Waals surface area contributed by atoms with E-state index in [1.54, 1.807) is 30.3 Å². The number of amides is 2. The highest BCUT2D eigenvalue weighted by atomic mass is 127. The maximum atomic E-state index is 14.2. The zero-order valence-corrected chi connectivity index (χ0v) is 17.6. The number of benzene rings is 2. The lowest BCUT2D eigenvalue weighted by molar-refractivity contribution is 0.0844. The topological polar surface area (TPSA) is 99.8 Å². The summed E-state index contributed by atoms with van der Waals surface area (Å²) in [5, 5.41) is 7.40. The van der Waals surface area contributed by atoms with E-state index in [-0.39, 0.29) is 23.5 Å². The van der Waals surface area contributed by atoms with Crippen molar-refractivity contribution in [2.24, 2.45) is 0 Å². The molecule has 0 aliphatic rings. The standard InChI is InChI=1S/C21H15FIN5O2/c22-17-10-14(23)6-5-12(17)9-13-11-24-8-7-15(13)20(29)27-28-21(30)19-16-3-1-2-4-18(16)25-26-19/h1-8,10-11H,9H2,(H,25,26)(H,27,29)(H,28,30). The molecule has 0 fully saturated rings. The number of nitrogens with zero attached hydrogens (tertiary/aromatic N) is 2. The first-order chi connectivity index (χ1) is 14.5. The Morgan fingerprint density at radius 2 is 1.83 bits per heavy atom. The number of para-hydroxylation sites is 1. The van der Waals surface area contributed by atoms with Crippen LogP contribution < -0.4 is 10.9 Å². The molecule has 0 unspecified atom stereocenters. The predicted octanol–water partition coefficient (Wildman–Crippen LogP) is 3.37. The number of aromatic amines is 1. The zero-order valence-electron chi connectivity index (χ0n) is 15.4. The number of halogens is 2. The molecule has 0 atom stereocenters. The fourth-order valence-electron chi connectivity index (χ4n) is 3.04. The van der Waals surface area contributed by atoms with E-state index >= 15 is 0 Å². The molecular formula is C21H15FIN5O2. The minimum absolute atomic E-state index is 0.168. The summed E-state index contributed by atoms with van der Waals surface area (Å²) in [5.74, 6) is -1.44. The van der Waals surface area contributed by atoms with Crippen molar-refractivity contribution < 1.29 is 14.0 Å². The second kappa shape index (κ2) is 8.57. The quantitative estimate of drug-likeness (QED) is 0.287. The largest absolute Gasteiger partial charge is 0.290 e. The van der Waals surface area contributed by atoms with Crippen LogP contribution in [0, 0.1) is 9.39 Å². The third-order valence-corrected chi connectivity index (χ3v) is 5.19. The van der Waals surface area contributed by atoms with Gasteiger partial charge in [-0.05, 0) is 58.0 Å². The fourth-order valence-corrected chi connectivity index (χ4v) is 3.49. The van der Waals surface area contributed by atoms with Gasteiger partial charge in [0.05, 0.1) is 5.52 Å². The van der Waals surface area contributed by atoms with Gasteiger partial charge in [-0.25, -0.2) is 4.39 Å². The van der Waals surface area contributed by atoms with Crippen LogP contribution in [0.2, 0.25) is 0 Å². The van der Waals surface area contributed by atoms with Crippen LogP contribution in [-0.2, 0) is 6.42 Å². The van der Waals surface area contributed by atoms with Gasteiger partial charge in [0.2, 0.25) is 0 Å². The number of nitrogens with one attached hydrogen (secondary N) is 3. The number of rotatable bonds is 4. The number of aromatic nitrogens is 3. The van der Waals surface area contributed by atoms with Crippen molar-refractivity contribution in [3.8, 4) is 0 Å². The Balaban J connectivity index is 1.49. The molecule has 0 saturated carbocycles. The lowest BCUT2D eigenvalue weighted by atomic mass is 10.0. The third kappa shape index (κ3) is 4.15. The average Bonchev–Trinajstić information content (AvgIpc) is 3.18. The first-order valence-corrected chi connectivity index (χ1v) is 10.0. The van der Waals surface area contributed by atoms with E-state index in [0.717, 1.165) is 3.57 Å². The van der Waals surface area contributed by atoms with E-state index in [0.29, 0.717) is 22.0 Å². The molecule has 7 nitrogen and oxygen atoms in total. The van der Waals surface area contributed by atoms with E-state index in [2.05, 4.69) is 26.0 Å². The molecule has 4 rings (SSSR count). The zero-order chi connectivity index (χ0) is 21.1. The SMILES string of the molecule is O=C(NNC(=O)c1n[nH]c2ccccc12)c1ccncc1Cc1ccc(I)cc1F. The Kier molecular flexibility index (Phi) is 5.70. The maximum absolute atomic E-state index is 14.2. The molecule has 0 radical (unpaired) electrons. The van der Waals surface area contributed by atoms with Crippen LogP contribution in [0.25, 0.3) is 10.9 Å². The smallest absolute Gasteiger partial charge is 0.277 e. The van der Waals surface area contributed by atoms with Gasteiger partial charge in [0.15, 0.2) is 5.69 Å². The summed E-state index contributed by atoms with van der Waals surface area (Å²) in [6.45, 7) is 0. The van der Waals surface area contributed by atoms with E-state index in [1.165, 1.54) is 24.5 Å². The summed E-state index contributed by atoms with van der Waals surface area (Å²) < 4.78 is 15.0. The van der Waals surface area contributed by atoms with Gasteiger partial charge >= 0.3 is 0 Å². The molecule has 3 N–H and O–H groups in total. The molecule has 2 amide bonds. The normalized spacial score (nSPS) is 10.7. The van der Waals surface area contributed by atoms with Gasteiger partial charge in [-0.15, -0.1) is 0 Å². The van der Waals surface area contributed by atoms with Crippen LogP contribution in [0.15, 0.2) is 60.9 Å². The van der Waals surface area contributed by atoms with Crippen LogP contribution in [-0.4, -0.2) is 27.0 Å². The molecule has 9 heteroatoms. The Labute approximate surface area is 184 Å². The van der Waals surface area contributed by atoms with Gasteiger partial charge in [0, 0.05) is 33.3 Å².